The Morgan fingerprint density at radius 3 is 2.70 bits per heavy atom. The van der Waals surface area contributed by atoms with Crippen LogP contribution < -0.4 is 20.7 Å². The Morgan fingerprint density at radius 2 is 1.92 bits per heavy atom. The largest absolute Gasteiger partial charge is 0.490 e. The zero-order valence-corrected chi connectivity index (χ0v) is 22.1. The number of carbonyl (C=O) groups excluding carboxylic acids is 1. The van der Waals surface area contributed by atoms with Gasteiger partial charge < -0.3 is 25.3 Å². The molecule has 1 aliphatic carbocycles. The molecule has 2 aliphatic rings. The third kappa shape index (κ3) is 4.98. The van der Waals surface area contributed by atoms with Gasteiger partial charge in [-0.25, -0.2) is 0 Å². The van der Waals surface area contributed by atoms with Gasteiger partial charge in [-0.3, -0.25) is 4.79 Å². The normalized spacial score (nSPS) is 19.6. The first-order valence-corrected chi connectivity index (χ1v) is 14.2. The van der Waals surface area contributed by atoms with Crippen molar-refractivity contribution in [2.45, 2.75) is 57.2 Å². The van der Waals surface area contributed by atoms with E-state index in [1.807, 2.05) is 29.8 Å². The van der Waals surface area contributed by atoms with Crippen LogP contribution in [0.3, 0.4) is 0 Å². The third-order valence-electron chi connectivity index (χ3n) is 7.77. The van der Waals surface area contributed by atoms with Crippen LogP contribution >= 0.6 is 11.3 Å². The molecule has 0 spiro atoms. The SMILES string of the molecule is Cn1c(C(=O)Nc2cccc3c2N(Cc2ccc(OC4CCC(N)CC4)cc2)CCC3)cc2sccc21. The summed E-state index contributed by atoms with van der Waals surface area (Å²) >= 11 is 1.66. The van der Waals surface area contributed by atoms with E-state index in [4.69, 9.17) is 10.5 Å². The van der Waals surface area contributed by atoms with Crippen molar-refractivity contribution in [3.8, 4) is 5.75 Å². The molecule has 7 heteroatoms. The molecular weight excluding hydrogens is 480 g/mol. The zero-order chi connectivity index (χ0) is 25.4. The topological polar surface area (TPSA) is 72.5 Å². The van der Waals surface area contributed by atoms with E-state index in [0.29, 0.717) is 11.7 Å². The molecule has 1 amide bonds. The van der Waals surface area contributed by atoms with Gasteiger partial charge in [0.2, 0.25) is 0 Å². The van der Waals surface area contributed by atoms with Gasteiger partial charge in [0.1, 0.15) is 11.4 Å². The lowest BCUT2D eigenvalue weighted by Gasteiger charge is -2.33. The first kappa shape index (κ1) is 24.1. The Hall–Kier alpha value is -3.29. The molecular formula is C30H34N4O2S. The average Bonchev–Trinajstić information content (AvgIpc) is 3.50. The van der Waals surface area contributed by atoms with Crippen molar-refractivity contribution in [1.82, 2.24) is 4.57 Å². The summed E-state index contributed by atoms with van der Waals surface area (Å²) in [6.45, 7) is 1.75. The second-order valence-corrected chi connectivity index (χ2v) is 11.3. The van der Waals surface area contributed by atoms with Gasteiger partial charge in [0.25, 0.3) is 5.91 Å². The maximum Gasteiger partial charge on any atom is 0.272 e. The number of amides is 1. The fourth-order valence-electron chi connectivity index (χ4n) is 5.74. The van der Waals surface area contributed by atoms with E-state index in [9.17, 15) is 4.79 Å². The molecule has 0 unspecified atom stereocenters. The van der Waals surface area contributed by atoms with Crippen LogP contribution in [0.15, 0.2) is 60.0 Å². The number of aromatic nitrogens is 1. The number of nitrogens with two attached hydrogens (primary N) is 1. The minimum Gasteiger partial charge on any atom is -0.490 e. The van der Waals surface area contributed by atoms with E-state index >= 15 is 0 Å². The van der Waals surface area contributed by atoms with E-state index < -0.39 is 0 Å². The van der Waals surface area contributed by atoms with E-state index in [1.54, 1.807) is 11.3 Å². The number of carbonyl (C=O) groups is 1. The van der Waals surface area contributed by atoms with E-state index in [1.165, 1.54) is 11.1 Å². The number of nitrogens with zero attached hydrogens (tertiary/aromatic N) is 2. The van der Waals surface area contributed by atoms with Crippen molar-refractivity contribution in [3.05, 3.63) is 76.8 Å². The van der Waals surface area contributed by atoms with Crippen LogP contribution in [-0.2, 0) is 20.0 Å². The van der Waals surface area contributed by atoms with Crippen LogP contribution in [0, 0.1) is 0 Å². The lowest BCUT2D eigenvalue weighted by molar-refractivity contribution is 0.101. The van der Waals surface area contributed by atoms with Crippen LogP contribution in [0.25, 0.3) is 10.2 Å². The maximum atomic E-state index is 13.3. The predicted molar refractivity (Wildman–Crippen MR) is 152 cm³/mol. The van der Waals surface area contributed by atoms with Crippen LogP contribution in [0.1, 0.15) is 53.7 Å². The van der Waals surface area contributed by atoms with Gasteiger partial charge in [0.15, 0.2) is 0 Å². The summed E-state index contributed by atoms with van der Waals surface area (Å²) in [5.41, 5.74) is 12.3. The third-order valence-corrected chi connectivity index (χ3v) is 8.63. The molecule has 0 saturated heterocycles. The summed E-state index contributed by atoms with van der Waals surface area (Å²) < 4.78 is 9.32. The molecule has 6 rings (SSSR count). The average molecular weight is 515 g/mol. The summed E-state index contributed by atoms with van der Waals surface area (Å²) in [7, 11) is 1.95. The number of ether oxygens (including phenoxy) is 1. The van der Waals surface area contributed by atoms with Gasteiger partial charge in [-0.2, -0.15) is 0 Å². The van der Waals surface area contributed by atoms with Crippen LogP contribution in [0.2, 0.25) is 0 Å². The fraction of sp³-hybridized carbons (Fsp3) is 0.367. The van der Waals surface area contributed by atoms with Crippen LogP contribution in [0.5, 0.6) is 5.75 Å². The molecule has 0 radical (unpaired) electrons. The standard InChI is InChI=1S/C30H34N4O2S/c1-33-26-15-17-37-28(26)18-27(33)30(35)32-25-6-2-4-21-5-3-16-34(29(21)25)19-20-7-11-23(12-8-20)36-24-13-9-22(31)10-14-24/h2,4,6-8,11-12,15,17-18,22,24H,3,5,9-10,13-14,16,19,31H2,1H3,(H,32,35). The number of para-hydroxylation sites is 1. The van der Waals surface area contributed by atoms with Crippen molar-refractivity contribution >= 4 is 38.8 Å². The molecule has 3 N–H and O–H groups in total. The van der Waals surface area contributed by atoms with E-state index in [0.717, 1.165) is 79.0 Å². The smallest absolute Gasteiger partial charge is 0.272 e. The number of rotatable bonds is 6. The van der Waals surface area contributed by atoms with Crippen molar-refractivity contribution in [2.24, 2.45) is 12.8 Å². The number of anilines is 2. The number of hydrogen-bond acceptors (Lipinski definition) is 5. The molecule has 1 fully saturated rings. The summed E-state index contributed by atoms with van der Waals surface area (Å²) in [6.07, 6.45) is 6.53. The summed E-state index contributed by atoms with van der Waals surface area (Å²) in [5.74, 6) is 0.855. The second kappa shape index (κ2) is 10.2. The first-order chi connectivity index (χ1) is 18.0. The van der Waals surface area contributed by atoms with Gasteiger partial charge in [-0.05, 0) is 85.4 Å². The second-order valence-electron chi connectivity index (χ2n) is 10.3. The molecule has 0 atom stereocenters. The highest BCUT2D eigenvalue weighted by molar-refractivity contribution is 7.17. The monoisotopic (exact) mass is 514 g/mol. The Balaban J connectivity index is 1.18. The Bertz CT molecular complexity index is 1400. The minimum atomic E-state index is -0.0741. The number of aryl methyl sites for hydroxylation is 2. The van der Waals surface area contributed by atoms with Gasteiger partial charge in [-0.1, -0.05) is 24.3 Å². The molecule has 4 aromatic rings. The van der Waals surface area contributed by atoms with E-state index in [-0.39, 0.29) is 12.0 Å². The summed E-state index contributed by atoms with van der Waals surface area (Å²) in [4.78, 5) is 15.7. The first-order valence-electron chi connectivity index (χ1n) is 13.3. The van der Waals surface area contributed by atoms with Gasteiger partial charge in [-0.15, -0.1) is 11.3 Å². The van der Waals surface area contributed by atoms with Crippen LogP contribution in [0.4, 0.5) is 11.4 Å². The molecule has 37 heavy (non-hydrogen) atoms. The number of nitrogens with one attached hydrogen (secondary N) is 1. The predicted octanol–water partition coefficient (Wildman–Crippen LogP) is 6.09. The maximum absolute atomic E-state index is 13.3. The highest BCUT2D eigenvalue weighted by Crippen LogP contribution is 2.36. The van der Waals surface area contributed by atoms with Gasteiger partial charge in [0.05, 0.1) is 27.7 Å². The van der Waals surface area contributed by atoms with Gasteiger partial charge >= 0.3 is 0 Å². The number of fused-ring (bicyclic) bond motifs is 2. The number of benzene rings is 2. The number of hydrogen-bond donors (Lipinski definition) is 2. The molecule has 2 aromatic carbocycles. The molecule has 2 aromatic heterocycles. The molecule has 1 saturated carbocycles. The van der Waals surface area contributed by atoms with Crippen molar-refractivity contribution in [3.63, 3.8) is 0 Å². The molecule has 192 valence electrons. The fourth-order valence-corrected chi connectivity index (χ4v) is 6.59. The van der Waals surface area contributed by atoms with Crippen LogP contribution in [-0.4, -0.2) is 29.2 Å². The Labute approximate surface area is 222 Å². The number of thiophene rings is 1. The zero-order valence-electron chi connectivity index (χ0n) is 21.3. The molecule has 0 bridgehead atoms. The highest BCUT2D eigenvalue weighted by atomic mass is 32.1. The molecule has 3 heterocycles. The quantitative estimate of drug-likeness (QED) is 0.326. The Morgan fingerprint density at radius 1 is 1.11 bits per heavy atom. The van der Waals surface area contributed by atoms with Crippen molar-refractivity contribution in [1.29, 1.82) is 0 Å². The van der Waals surface area contributed by atoms with Gasteiger partial charge in [0, 0.05) is 26.2 Å². The lowest BCUT2D eigenvalue weighted by Crippen LogP contribution is -2.31. The summed E-state index contributed by atoms with van der Waals surface area (Å²) in [6, 6.07) is 19.1. The minimum absolute atomic E-state index is 0.0741. The Kier molecular flexibility index (Phi) is 6.65. The van der Waals surface area contributed by atoms with Crippen molar-refractivity contribution in [2.75, 3.05) is 16.8 Å². The molecule has 6 nitrogen and oxygen atoms in total. The van der Waals surface area contributed by atoms with E-state index in [2.05, 4.69) is 52.0 Å². The summed E-state index contributed by atoms with van der Waals surface area (Å²) in [5, 5.41) is 5.28. The lowest BCUT2D eigenvalue weighted by atomic mass is 9.94. The van der Waals surface area contributed by atoms with Crippen molar-refractivity contribution < 1.29 is 9.53 Å². The molecule has 1 aliphatic heterocycles. The highest BCUT2D eigenvalue weighted by Gasteiger charge is 2.23.